The normalized spacial score (nSPS) is 13.9. The second-order valence-corrected chi connectivity index (χ2v) is 8.42. The van der Waals surface area contributed by atoms with Gasteiger partial charge < -0.3 is 29.6 Å². The van der Waals surface area contributed by atoms with Crippen LogP contribution in [0.2, 0.25) is 0 Å². The predicted molar refractivity (Wildman–Crippen MR) is 129 cm³/mol. The van der Waals surface area contributed by atoms with Crippen molar-refractivity contribution in [2.75, 3.05) is 36.4 Å². The van der Waals surface area contributed by atoms with E-state index in [-0.39, 0.29) is 5.39 Å². The highest BCUT2D eigenvalue weighted by Gasteiger charge is 2.23. The third-order valence-corrected chi connectivity index (χ3v) is 6.28. The second kappa shape index (κ2) is 9.19. The van der Waals surface area contributed by atoms with E-state index in [2.05, 4.69) is 5.32 Å². The molecular weight excluding hydrogens is 443 g/mol. The molecule has 1 aliphatic heterocycles. The summed E-state index contributed by atoms with van der Waals surface area (Å²) in [4.78, 5) is 27.8. The number of carbonyl (C=O) groups excluding carboxylic acids is 1. The molecule has 3 aromatic rings. The van der Waals surface area contributed by atoms with Crippen LogP contribution in [0, 0.1) is 12.7 Å². The smallest absolute Gasteiger partial charge is 0.198 e. The van der Waals surface area contributed by atoms with Crippen molar-refractivity contribution in [2.24, 2.45) is 0 Å². The number of piperazine rings is 1. The minimum absolute atomic E-state index is 0.0295. The van der Waals surface area contributed by atoms with Gasteiger partial charge in [-0.2, -0.15) is 0 Å². The molecule has 1 aromatic heterocycles. The van der Waals surface area contributed by atoms with Crippen LogP contribution in [-0.2, 0) is 6.54 Å². The Bertz CT molecular complexity index is 1280. The number of pyridine rings is 1. The molecule has 0 radical (unpaired) electrons. The van der Waals surface area contributed by atoms with Gasteiger partial charge >= 0.3 is 0 Å². The van der Waals surface area contributed by atoms with Crippen LogP contribution in [0.3, 0.4) is 0 Å². The SMILES string of the molecule is CCn1cc(C(=O)[O-])c(=O)c2cc(F)c(N3CCN(C(=S)Nc4ccc(C)cc4)CC3)cc21. The maximum Gasteiger partial charge on any atom is 0.198 e. The Kier molecular flexibility index (Phi) is 6.33. The number of carboxylic acids is 1. The fraction of sp³-hybridized carbons (Fsp3) is 0.292. The minimum atomic E-state index is -1.57. The molecule has 4 rings (SSSR count). The van der Waals surface area contributed by atoms with E-state index in [1.165, 1.54) is 11.8 Å². The Balaban J connectivity index is 1.54. The van der Waals surface area contributed by atoms with E-state index in [0.29, 0.717) is 49.0 Å². The average molecular weight is 468 g/mol. The number of benzene rings is 2. The van der Waals surface area contributed by atoms with Crippen LogP contribution >= 0.6 is 12.2 Å². The van der Waals surface area contributed by atoms with Crippen molar-refractivity contribution in [3.05, 3.63) is 69.8 Å². The molecule has 2 aromatic carbocycles. The van der Waals surface area contributed by atoms with Crippen molar-refractivity contribution >= 4 is 45.6 Å². The summed E-state index contributed by atoms with van der Waals surface area (Å²) in [5.41, 5.74) is 1.74. The summed E-state index contributed by atoms with van der Waals surface area (Å²) in [7, 11) is 0. The molecule has 1 fully saturated rings. The minimum Gasteiger partial charge on any atom is -0.545 e. The Morgan fingerprint density at radius 3 is 2.42 bits per heavy atom. The number of anilines is 2. The highest BCUT2D eigenvalue weighted by Crippen LogP contribution is 2.26. The summed E-state index contributed by atoms with van der Waals surface area (Å²) in [6, 6.07) is 10.7. The molecule has 9 heteroatoms. The van der Waals surface area contributed by atoms with Gasteiger partial charge in [0.2, 0.25) is 0 Å². The predicted octanol–water partition coefficient (Wildman–Crippen LogP) is 2.35. The molecule has 0 bridgehead atoms. The summed E-state index contributed by atoms with van der Waals surface area (Å²) >= 11 is 5.54. The molecule has 0 amide bonds. The molecule has 0 spiro atoms. The summed E-state index contributed by atoms with van der Waals surface area (Å²) < 4.78 is 16.7. The first kappa shape index (κ1) is 22.7. The quantitative estimate of drug-likeness (QED) is 0.590. The lowest BCUT2D eigenvalue weighted by atomic mass is 10.1. The standard InChI is InChI=1S/C24H25FN4O3S/c1-3-27-14-18(23(31)32)22(30)17-12-19(25)21(13-20(17)27)28-8-10-29(11-9-28)24(33)26-16-6-4-15(2)5-7-16/h4-7,12-14H,3,8-11H2,1-2H3,(H,26,33)(H,31,32)/p-1. The molecule has 2 heterocycles. The van der Waals surface area contributed by atoms with E-state index in [1.54, 1.807) is 10.6 Å². The van der Waals surface area contributed by atoms with Crippen LogP contribution in [0.4, 0.5) is 15.8 Å². The maximum atomic E-state index is 15.0. The van der Waals surface area contributed by atoms with E-state index in [9.17, 15) is 14.7 Å². The number of rotatable bonds is 4. The van der Waals surface area contributed by atoms with Crippen LogP contribution in [0.5, 0.6) is 0 Å². The first-order valence-electron chi connectivity index (χ1n) is 10.7. The van der Waals surface area contributed by atoms with Gasteiger partial charge in [-0.15, -0.1) is 0 Å². The van der Waals surface area contributed by atoms with Crippen molar-refractivity contribution in [3.63, 3.8) is 0 Å². The summed E-state index contributed by atoms with van der Waals surface area (Å²) in [6.45, 7) is 6.59. The number of thiocarbonyl (C=S) groups is 1. The molecule has 0 unspecified atom stereocenters. The third kappa shape index (κ3) is 4.54. The summed E-state index contributed by atoms with van der Waals surface area (Å²) in [5.74, 6) is -2.13. The molecule has 0 saturated carbocycles. The van der Waals surface area contributed by atoms with Crippen molar-refractivity contribution in [1.82, 2.24) is 9.47 Å². The zero-order valence-electron chi connectivity index (χ0n) is 18.4. The lowest BCUT2D eigenvalue weighted by Crippen LogP contribution is -2.50. The zero-order valence-corrected chi connectivity index (χ0v) is 19.2. The number of nitrogens with one attached hydrogen (secondary N) is 1. The number of carboxylic acid groups (broad SMARTS) is 1. The number of aromatic nitrogens is 1. The molecule has 1 saturated heterocycles. The highest BCUT2D eigenvalue weighted by molar-refractivity contribution is 7.80. The van der Waals surface area contributed by atoms with Gasteiger partial charge in [-0.1, -0.05) is 17.7 Å². The van der Waals surface area contributed by atoms with Crippen LogP contribution in [0.1, 0.15) is 22.8 Å². The van der Waals surface area contributed by atoms with Crippen LogP contribution < -0.4 is 20.8 Å². The zero-order chi connectivity index (χ0) is 23.7. The Labute approximate surface area is 196 Å². The van der Waals surface area contributed by atoms with E-state index >= 15 is 4.39 Å². The topological polar surface area (TPSA) is 80.6 Å². The molecular formula is C24H24FN4O3S-. The van der Waals surface area contributed by atoms with Crippen LogP contribution in [0.15, 0.2) is 47.4 Å². The lowest BCUT2D eigenvalue weighted by Gasteiger charge is -2.37. The number of fused-ring (bicyclic) bond motifs is 1. The van der Waals surface area contributed by atoms with E-state index < -0.39 is 22.8 Å². The van der Waals surface area contributed by atoms with Crippen LogP contribution in [-0.4, -0.2) is 46.7 Å². The highest BCUT2D eigenvalue weighted by atomic mass is 32.1. The monoisotopic (exact) mass is 467 g/mol. The number of hydrogen-bond donors (Lipinski definition) is 1. The Hall–Kier alpha value is -3.46. The second-order valence-electron chi connectivity index (χ2n) is 8.04. The van der Waals surface area contributed by atoms with Crippen molar-refractivity contribution in [3.8, 4) is 0 Å². The fourth-order valence-electron chi connectivity index (χ4n) is 4.04. The summed E-state index contributed by atoms with van der Waals surface area (Å²) in [5, 5.41) is 15.2. The van der Waals surface area contributed by atoms with Gasteiger partial charge in [-0.05, 0) is 50.3 Å². The van der Waals surface area contributed by atoms with Gasteiger partial charge in [0.15, 0.2) is 10.5 Å². The fourth-order valence-corrected chi connectivity index (χ4v) is 4.34. The van der Waals surface area contributed by atoms with Crippen LogP contribution in [0.25, 0.3) is 10.9 Å². The molecule has 172 valence electrons. The molecule has 1 aliphatic rings. The molecule has 33 heavy (non-hydrogen) atoms. The summed E-state index contributed by atoms with van der Waals surface area (Å²) in [6.07, 6.45) is 1.26. The van der Waals surface area contributed by atoms with E-state index in [4.69, 9.17) is 12.2 Å². The lowest BCUT2D eigenvalue weighted by molar-refractivity contribution is -0.255. The molecule has 0 aliphatic carbocycles. The number of aryl methyl sites for hydroxylation is 2. The maximum absolute atomic E-state index is 15.0. The first-order valence-corrected chi connectivity index (χ1v) is 11.1. The van der Waals surface area contributed by atoms with Crippen molar-refractivity contribution in [1.29, 1.82) is 0 Å². The van der Waals surface area contributed by atoms with Crippen molar-refractivity contribution < 1.29 is 14.3 Å². The van der Waals surface area contributed by atoms with Gasteiger partial charge in [0.05, 0.1) is 22.7 Å². The van der Waals surface area contributed by atoms with Gasteiger partial charge in [0, 0.05) is 50.0 Å². The van der Waals surface area contributed by atoms with E-state index in [1.807, 2.05) is 47.9 Å². The van der Waals surface area contributed by atoms with Crippen molar-refractivity contribution in [2.45, 2.75) is 20.4 Å². The first-order chi connectivity index (χ1) is 15.8. The number of nitrogens with zero attached hydrogens (tertiary/aromatic N) is 3. The molecule has 7 nitrogen and oxygen atoms in total. The van der Waals surface area contributed by atoms with Gasteiger partial charge in [0.1, 0.15) is 5.82 Å². The number of carbonyl (C=O) groups is 1. The number of hydrogen-bond acceptors (Lipinski definition) is 5. The van der Waals surface area contributed by atoms with Gasteiger partial charge in [-0.25, -0.2) is 4.39 Å². The molecule has 0 atom stereocenters. The average Bonchev–Trinajstić information content (AvgIpc) is 2.80. The number of aromatic carboxylic acids is 1. The third-order valence-electron chi connectivity index (χ3n) is 5.92. The Morgan fingerprint density at radius 1 is 1.15 bits per heavy atom. The van der Waals surface area contributed by atoms with Gasteiger partial charge in [-0.3, -0.25) is 4.79 Å². The van der Waals surface area contributed by atoms with Gasteiger partial charge in [0.25, 0.3) is 0 Å². The molecule has 1 N–H and O–H groups in total. The number of halogens is 1. The largest absolute Gasteiger partial charge is 0.545 e. The van der Waals surface area contributed by atoms with E-state index in [0.717, 1.165) is 11.8 Å². The Morgan fingerprint density at radius 2 is 1.82 bits per heavy atom.